The Kier molecular flexibility index (Phi) is 5.00. The fourth-order valence-electron chi connectivity index (χ4n) is 1.69. The van der Waals surface area contributed by atoms with Gasteiger partial charge >= 0.3 is 0 Å². The van der Waals surface area contributed by atoms with Gasteiger partial charge in [-0.05, 0) is 26.5 Å². The van der Waals surface area contributed by atoms with Gasteiger partial charge in [0.15, 0.2) is 0 Å². The van der Waals surface area contributed by atoms with E-state index in [2.05, 4.69) is 36.0 Å². The van der Waals surface area contributed by atoms with E-state index in [1.54, 1.807) is 0 Å². The molecule has 0 unspecified atom stereocenters. The highest BCUT2D eigenvalue weighted by Gasteiger charge is 2.07. The summed E-state index contributed by atoms with van der Waals surface area (Å²) in [6.45, 7) is 6.80. The van der Waals surface area contributed by atoms with Crippen LogP contribution in [0.25, 0.3) is 0 Å². The minimum absolute atomic E-state index is 0.581. The van der Waals surface area contributed by atoms with Crippen molar-refractivity contribution in [1.82, 2.24) is 14.7 Å². The molecule has 4 heteroatoms. The van der Waals surface area contributed by atoms with Crippen LogP contribution in [0.4, 0.5) is 0 Å². The molecule has 4 nitrogen and oxygen atoms in total. The Morgan fingerprint density at radius 3 is 2.81 bits per heavy atom. The average molecular weight is 220 g/mol. The lowest BCUT2D eigenvalue weighted by molar-refractivity contribution is 0.322. The van der Waals surface area contributed by atoms with Gasteiger partial charge in [0.2, 0.25) is 0 Å². The summed E-state index contributed by atoms with van der Waals surface area (Å²) in [6.07, 6.45) is 1.55. The van der Waals surface area contributed by atoms with E-state index in [-0.39, 0.29) is 0 Å². The summed E-state index contributed by atoms with van der Waals surface area (Å²) in [7, 11) is 2.04. The third kappa shape index (κ3) is 3.35. The number of nitriles is 1. The molecule has 0 amide bonds. The third-order valence-electron chi connectivity index (χ3n) is 2.61. The molecular weight excluding hydrogens is 200 g/mol. The van der Waals surface area contributed by atoms with Crippen molar-refractivity contribution in [3.05, 3.63) is 17.5 Å². The minimum Gasteiger partial charge on any atom is -0.300 e. The van der Waals surface area contributed by atoms with E-state index in [1.807, 2.05) is 11.7 Å². The van der Waals surface area contributed by atoms with Gasteiger partial charge in [-0.2, -0.15) is 10.4 Å². The number of aromatic nitrogens is 2. The molecule has 0 spiro atoms. The Hall–Kier alpha value is -1.34. The fourth-order valence-corrected chi connectivity index (χ4v) is 1.69. The zero-order valence-electron chi connectivity index (χ0n) is 10.4. The van der Waals surface area contributed by atoms with Gasteiger partial charge in [0.1, 0.15) is 0 Å². The molecule has 0 N–H and O–H groups in total. The van der Waals surface area contributed by atoms with Gasteiger partial charge in [-0.3, -0.25) is 9.58 Å². The molecule has 0 bridgehead atoms. The Balaban J connectivity index is 2.64. The Bertz CT molecular complexity index is 362. The first-order chi connectivity index (χ1) is 7.71. The van der Waals surface area contributed by atoms with E-state index in [9.17, 15) is 0 Å². The summed E-state index contributed by atoms with van der Waals surface area (Å²) in [5.41, 5.74) is 2.38. The molecule has 1 rings (SSSR count). The highest BCUT2D eigenvalue weighted by molar-refractivity contribution is 5.10. The number of hydrogen-bond donors (Lipinski definition) is 0. The molecule has 16 heavy (non-hydrogen) atoms. The number of rotatable bonds is 6. The van der Waals surface area contributed by atoms with E-state index in [4.69, 9.17) is 5.26 Å². The van der Waals surface area contributed by atoms with Crippen molar-refractivity contribution in [2.24, 2.45) is 0 Å². The molecule has 0 aliphatic rings. The summed E-state index contributed by atoms with van der Waals surface area (Å²) < 4.78 is 2.04. The minimum atomic E-state index is 0.581. The quantitative estimate of drug-likeness (QED) is 0.734. The molecule has 0 radical (unpaired) electrons. The van der Waals surface area contributed by atoms with Crippen LogP contribution in [0.15, 0.2) is 6.07 Å². The van der Waals surface area contributed by atoms with Crippen molar-refractivity contribution >= 4 is 0 Å². The van der Waals surface area contributed by atoms with Gasteiger partial charge in [0, 0.05) is 26.1 Å². The molecule has 0 aliphatic carbocycles. The van der Waals surface area contributed by atoms with E-state index in [0.29, 0.717) is 6.42 Å². The second-order valence-electron chi connectivity index (χ2n) is 3.94. The summed E-state index contributed by atoms with van der Waals surface area (Å²) in [5.74, 6) is 0. The van der Waals surface area contributed by atoms with Crippen molar-refractivity contribution in [3.8, 4) is 6.07 Å². The van der Waals surface area contributed by atoms with Gasteiger partial charge in [-0.1, -0.05) is 6.92 Å². The van der Waals surface area contributed by atoms with Gasteiger partial charge < -0.3 is 0 Å². The normalized spacial score (nSPS) is 10.7. The highest BCUT2D eigenvalue weighted by atomic mass is 15.3. The highest BCUT2D eigenvalue weighted by Crippen LogP contribution is 2.08. The Morgan fingerprint density at radius 1 is 1.50 bits per heavy atom. The molecule has 0 aromatic carbocycles. The van der Waals surface area contributed by atoms with Crippen LogP contribution in [-0.4, -0.2) is 28.3 Å². The molecule has 0 atom stereocenters. The molecule has 0 saturated carbocycles. The number of nitrogens with zero attached hydrogens (tertiary/aromatic N) is 4. The van der Waals surface area contributed by atoms with Crippen molar-refractivity contribution in [2.45, 2.75) is 39.8 Å². The van der Waals surface area contributed by atoms with Crippen molar-refractivity contribution in [1.29, 1.82) is 5.26 Å². The zero-order chi connectivity index (χ0) is 12.0. The molecule has 0 aliphatic heterocycles. The van der Waals surface area contributed by atoms with Crippen LogP contribution in [0.2, 0.25) is 0 Å². The van der Waals surface area contributed by atoms with Crippen LogP contribution in [0.5, 0.6) is 0 Å². The van der Waals surface area contributed by atoms with Crippen LogP contribution >= 0.6 is 0 Å². The second-order valence-corrected chi connectivity index (χ2v) is 3.94. The summed E-state index contributed by atoms with van der Waals surface area (Å²) in [5, 5.41) is 13.0. The molecule has 1 heterocycles. The molecule has 1 aromatic heterocycles. The second kappa shape index (κ2) is 6.29. The van der Waals surface area contributed by atoms with Crippen LogP contribution in [-0.2, 0) is 19.5 Å². The van der Waals surface area contributed by atoms with E-state index in [0.717, 1.165) is 31.7 Å². The monoisotopic (exact) mass is 220 g/mol. The predicted molar refractivity (Wildman–Crippen MR) is 63.8 cm³/mol. The molecular formula is C12H20N4. The molecule has 0 fully saturated rings. The topological polar surface area (TPSA) is 44.9 Å². The number of aryl methyl sites for hydroxylation is 2. The van der Waals surface area contributed by atoms with Crippen molar-refractivity contribution < 1.29 is 0 Å². The SMILES string of the molecule is CCc1cc(CN(C)CCC#N)n(CC)n1. The fraction of sp³-hybridized carbons (Fsp3) is 0.667. The first-order valence-corrected chi connectivity index (χ1v) is 5.82. The first-order valence-electron chi connectivity index (χ1n) is 5.82. The van der Waals surface area contributed by atoms with Gasteiger partial charge in [-0.15, -0.1) is 0 Å². The number of hydrogen-bond acceptors (Lipinski definition) is 3. The zero-order valence-corrected chi connectivity index (χ0v) is 10.4. The maximum absolute atomic E-state index is 8.53. The standard InChI is InChI=1S/C12H20N4/c1-4-11-9-12(16(5-2)14-11)10-15(3)8-6-7-13/h9H,4-6,8,10H2,1-3H3. The third-order valence-corrected chi connectivity index (χ3v) is 2.61. The van der Waals surface area contributed by atoms with E-state index < -0.39 is 0 Å². The Labute approximate surface area is 97.5 Å². The van der Waals surface area contributed by atoms with Crippen LogP contribution in [0, 0.1) is 11.3 Å². The Morgan fingerprint density at radius 2 is 2.25 bits per heavy atom. The lowest BCUT2D eigenvalue weighted by Crippen LogP contribution is -2.20. The van der Waals surface area contributed by atoms with Crippen LogP contribution < -0.4 is 0 Å². The molecule has 88 valence electrons. The van der Waals surface area contributed by atoms with Crippen molar-refractivity contribution in [3.63, 3.8) is 0 Å². The summed E-state index contributed by atoms with van der Waals surface area (Å²) in [6, 6.07) is 4.32. The average Bonchev–Trinajstić information content (AvgIpc) is 2.68. The maximum atomic E-state index is 8.53. The molecule has 0 saturated heterocycles. The maximum Gasteiger partial charge on any atom is 0.0635 e. The van der Waals surface area contributed by atoms with Gasteiger partial charge in [-0.25, -0.2) is 0 Å². The lowest BCUT2D eigenvalue weighted by Gasteiger charge is -2.15. The van der Waals surface area contributed by atoms with E-state index >= 15 is 0 Å². The smallest absolute Gasteiger partial charge is 0.0635 e. The predicted octanol–water partition coefficient (Wildman–Crippen LogP) is 1.81. The first kappa shape index (κ1) is 12.7. The summed E-state index contributed by atoms with van der Waals surface area (Å²) in [4.78, 5) is 2.16. The van der Waals surface area contributed by atoms with Gasteiger partial charge in [0.25, 0.3) is 0 Å². The van der Waals surface area contributed by atoms with Gasteiger partial charge in [0.05, 0.1) is 17.5 Å². The molecule has 1 aromatic rings. The van der Waals surface area contributed by atoms with Crippen molar-refractivity contribution in [2.75, 3.05) is 13.6 Å². The lowest BCUT2D eigenvalue weighted by atomic mass is 10.3. The summed E-state index contributed by atoms with van der Waals surface area (Å²) >= 11 is 0. The largest absolute Gasteiger partial charge is 0.300 e. The van der Waals surface area contributed by atoms with Crippen LogP contribution in [0.3, 0.4) is 0 Å². The van der Waals surface area contributed by atoms with E-state index in [1.165, 1.54) is 5.69 Å². The van der Waals surface area contributed by atoms with Crippen LogP contribution in [0.1, 0.15) is 31.7 Å².